The molecule has 0 unspecified atom stereocenters. The molecule has 7 nitrogen and oxygen atoms in total. The summed E-state index contributed by atoms with van der Waals surface area (Å²) < 4.78 is 5.29. The van der Waals surface area contributed by atoms with E-state index in [1.54, 1.807) is 0 Å². The summed E-state index contributed by atoms with van der Waals surface area (Å²) >= 11 is 0. The molecule has 0 aliphatic carbocycles. The molecule has 2 aliphatic heterocycles. The summed E-state index contributed by atoms with van der Waals surface area (Å²) in [5.41, 5.74) is 4.85. The topological polar surface area (TPSA) is 78.7 Å². The molecule has 1 aromatic carbocycles. The molecule has 30 heavy (non-hydrogen) atoms. The molecule has 1 N–H and O–H groups in total. The highest BCUT2D eigenvalue weighted by Crippen LogP contribution is 2.40. The normalized spacial score (nSPS) is 18.3. The van der Waals surface area contributed by atoms with Gasteiger partial charge in [-0.25, -0.2) is 4.79 Å². The van der Waals surface area contributed by atoms with E-state index in [9.17, 15) is 9.59 Å². The Balaban J connectivity index is 1.42. The van der Waals surface area contributed by atoms with Gasteiger partial charge in [0.1, 0.15) is 5.76 Å². The number of hydrogen-bond donors (Lipinski definition) is 1. The number of carbonyl (C=O) groups excluding carboxylic acids is 2. The summed E-state index contributed by atoms with van der Waals surface area (Å²) in [4.78, 5) is 29.3. The molecule has 7 heteroatoms. The number of anilines is 1. The van der Waals surface area contributed by atoms with Crippen LogP contribution in [0.15, 0.2) is 22.7 Å². The van der Waals surface area contributed by atoms with Gasteiger partial charge in [0.25, 0.3) is 0 Å². The van der Waals surface area contributed by atoms with Gasteiger partial charge < -0.3 is 19.6 Å². The number of hydrogen-bond acceptors (Lipinski definition) is 4. The highest BCUT2D eigenvalue weighted by atomic mass is 16.5. The van der Waals surface area contributed by atoms with Crippen LogP contribution in [0.3, 0.4) is 0 Å². The first-order valence-electron chi connectivity index (χ1n) is 10.6. The van der Waals surface area contributed by atoms with Crippen molar-refractivity contribution in [2.45, 2.75) is 65.5 Å². The van der Waals surface area contributed by atoms with Crippen molar-refractivity contribution in [3.8, 4) is 0 Å². The van der Waals surface area contributed by atoms with Crippen LogP contribution in [0.2, 0.25) is 0 Å². The summed E-state index contributed by atoms with van der Waals surface area (Å²) in [6.07, 6.45) is 3.00. The molecule has 2 fully saturated rings. The first-order chi connectivity index (χ1) is 14.3. The van der Waals surface area contributed by atoms with E-state index in [1.165, 1.54) is 5.56 Å². The van der Waals surface area contributed by atoms with E-state index in [-0.39, 0.29) is 17.5 Å². The van der Waals surface area contributed by atoms with Crippen molar-refractivity contribution < 1.29 is 14.1 Å². The molecular weight excluding hydrogens is 380 g/mol. The van der Waals surface area contributed by atoms with E-state index in [1.807, 2.05) is 48.8 Å². The molecule has 0 atom stereocenters. The maximum atomic E-state index is 12.8. The third kappa shape index (κ3) is 3.68. The Morgan fingerprint density at radius 3 is 2.50 bits per heavy atom. The lowest BCUT2D eigenvalue weighted by Crippen LogP contribution is -2.54. The quantitative estimate of drug-likeness (QED) is 0.826. The second-order valence-corrected chi connectivity index (χ2v) is 8.72. The summed E-state index contributed by atoms with van der Waals surface area (Å²) in [5.74, 6) is 0.954. The molecule has 2 aliphatic rings. The molecule has 2 saturated heterocycles. The Hall–Kier alpha value is -2.83. The maximum absolute atomic E-state index is 12.8. The second kappa shape index (κ2) is 7.78. The average molecular weight is 411 g/mol. The van der Waals surface area contributed by atoms with Gasteiger partial charge in [-0.15, -0.1) is 0 Å². The van der Waals surface area contributed by atoms with Crippen LogP contribution in [0.1, 0.15) is 53.8 Å². The molecule has 0 saturated carbocycles. The van der Waals surface area contributed by atoms with Crippen LogP contribution in [-0.2, 0) is 11.3 Å². The molecule has 3 heterocycles. The zero-order chi connectivity index (χ0) is 21.5. The van der Waals surface area contributed by atoms with Crippen LogP contribution >= 0.6 is 0 Å². The van der Waals surface area contributed by atoms with Gasteiger partial charge in [0.05, 0.1) is 12.2 Å². The average Bonchev–Trinajstić information content (AvgIpc) is 3.20. The summed E-state index contributed by atoms with van der Waals surface area (Å²) in [5, 5.41) is 7.05. The zero-order valence-corrected chi connectivity index (χ0v) is 18.2. The van der Waals surface area contributed by atoms with Gasteiger partial charge in [-0.2, -0.15) is 0 Å². The number of aromatic nitrogens is 1. The molecule has 3 amide bonds. The summed E-state index contributed by atoms with van der Waals surface area (Å²) in [7, 11) is 0. The van der Waals surface area contributed by atoms with Crippen molar-refractivity contribution in [2.24, 2.45) is 0 Å². The van der Waals surface area contributed by atoms with Gasteiger partial charge in [0, 0.05) is 36.3 Å². The number of carbonyl (C=O) groups is 2. The summed E-state index contributed by atoms with van der Waals surface area (Å²) in [6, 6.07) is 5.88. The first-order valence-corrected chi connectivity index (χ1v) is 10.6. The fraction of sp³-hybridized carbons (Fsp3) is 0.522. The number of amides is 3. The minimum atomic E-state index is -0.176. The fourth-order valence-corrected chi connectivity index (χ4v) is 4.68. The number of nitrogens with zero attached hydrogens (tertiary/aromatic N) is 3. The molecule has 4 rings (SSSR count). The van der Waals surface area contributed by atoms with E-state index >= 15 is 0 Å². The number of rotatable bonds is 3. The molecule has 2 aromatic rings. The number of urea groups is 1. The predicted octanol–water partition coefficient (Wildman–Crippen LogP) is 4.10. The van der Waals surface area contributed by atoms with Crippen LogP contribution in [0.25, 0.3) is 0 Å². The van der Waals surface area contributed by atoms with Crippen LogP contribution < -0.4 is 5.32 Å². The fourth-order valence-electron chi connectivity index (χ4n) is 4.68. The van der Waals surface area contributed by atoms with Gasteiger partial charge >= 0.3 is 6.03 Å². The Kier molecular flexibility index (Phi) is 5.30. The van der Waals surface area contributed by atoms with Gasteiger partial charge in [0.15, 0.2) is 0 Å². The van der Waals surface area contributed by atoms with Gasteiger partial charge in [-0.05, 0) is 70.2 Å². The lowest BCUT2D eigenvalue weighted by atomic mass is 9.84. The smallest absolute Gasteiger partial charge is 0.321 e. The number of benzene rings is 1. The van der Waals surface area contributed by atoms with E-state index < -0.39 is 0 Å². The van der Waals surface area contributed by atoms with E-state index in [0.29, 0.717) is 26.1 Å². The molecular formula is C23H30N4O3. The highest BCUT2D eigenvalue weighted by Gasteiger charge is 2.47. The molecule has 0 bridgehead atoms. The summed E-state index contributed by atoms with van der Waals surface area (Å²) in [6.45, 7) is 9.72. The van der Waals surface area contributed by atoms with Crippen molar-refractivity contribution in [1.82, 2.24) is 15.0 Å². The van der Waals surface area contributed by atoms with E-state index in [4.69, 9.17) is 4.52 Å². The first kappa shape index (κ1) is 20.4. The van der Waals surface area contributed by atoms with Gasteiger partial charge in [-0.3, -0.25) is 4.79 Å². The van der Waals surface area contributed by atoms with Crippen molar-refractivity contribution >= 4 is 17.6 Å². The van der Waals surface area contributed by atoms with Crippen molar-refractivity contribution in [3.63, 3.8) is 0 Å². The Bertz CT molecular complexity index is 953. The third-order valence-electron chi connectivity index (χ3n) is 6.91. The van der Waals surface area contributed by atoms with Crippen LogP contribution in [0, 0.1) is 27.7 Å². The third-order valence-corrected chi connectivity index (χ3v) is 6.91. The van der Waals surface area contributed by atoms with E-state index in [2.05, 4.69) is 17.4 Å². The minimum absolute atomic E-state index is 0.0744. The van der Waals surface area contributed by atoms with Crippen molar-refractivity contribution in [1.29, 1.82) is 0 Å². The number of aryl methyl sites for hydroxylation is 4. The van der Waals surface area contributed by atoms with Gasteiger partial charge in [-0.1, -0.05) is 11.2 Å². The Morgan fingerprint density at radius 2 is 1.87 bits per heavy atom. The van der Waals surface area contributed by atoms with Crippen LogP contribution in [0.5, 0.6) is 0 Å². The Morgan fingerprint density at radius 1 is 1.13 bits per heavy atom. The monoisotopic (exact) mass is 410 g/mol. The second-order valence-electron chi connectivity index (χ2n) is 8.72. The largest absolute Gasteiger partial charge is 0.361 e. The SMILES string of the molecule is Cc1ccc(NC(=O)N2CCC3(CCC(=O)N3Cc3c(C)noc3C)CC2)cc1C. The lowest BCUT2D eigenvalue weighted by Gasteiger charge is -2.45. The zero-order valence-electron chi connectivity index (χ0n) is 18.2. The van der Waals surface area contributed by atoms with Gasteiger partial charge in [0.2, 0.25) is 5.91 Å². The Labute approximate surface area is 177 Å². The van der Waals surface area contributed by atoms with Crippen molar-refractivity contribution in [3.05, 3.63) is 46.3 Å². The predicted molar refractivity (Wildman–Crippen MR) is 114 cm³/mol. The molecule has 1 spiro atoms. The van der Waals surface area contributed by atoms with E-state index in [0.717, 1.165) is 47.5 Å². The molecule has 1 aromatic heterocycles. The standard InChI is InChI=1S/C23H30N4O3/c1-15-5-6-19(13-16(15)2)24-22(29)26-11-9-23(10-12-26)8-7-21(28)27(23)14-20-17(3)25-30-18(20)4/h5-6,13H,7-12,14H2,1-4H3,(H,24,29). The lowest BCUT2D eigenvalue weighted by molar-refractivity contribution is -0.133. The molecule has 0 radical (unpaired) electrons. The number of likely N-dealkylation sites (tertiary alicyclic amines) is 2. The maximum Gasteiger partial charge on any atom is 0.321 e. The van der Waals surface area contributed by atoms with Crippen LogP contribution in [-0.4, -0.2) is 45.5 Å². The number of nitrogens with one attached hydrogen (secondary N) is 1. The minimum Gasteiger partial charge on any atom is -0.361 e. The van der Waals surface area contributed by atoms with Crippen molar-refractivity contribution in [2.75, 3.05) is 18.4 Å². The van der Waals surface area contributed by atoms with Crippen LogP contribution in [0.4, 0.5) is 10.5 Å². The highest BCUT2D eigenvalue weighted by molar-refractivity contribution is 5.89. The number of piperidine rings is 1. The molecule has 160 valence electrons.